The highest BCUT2D eigenvalue weighted by Gasteiger charge is 2.16. The molecule has 3 rings (SSSR count). The summed E-state index contributed by atoms with van der Waals surface area (Å²) in [4.78, 5) is 19.1. The molecule has 1 aliphatic rings. The normalized spacial score (nSPS) is 13.6. The first-order valence-corrected chi connectivity index (χ1v) is 6.08. The molecule has 0 radical (unpaired) electrons. The van der Waals surface area contributed by atoms with Crippen LogP contribution in [-0.4, -0.2) is 21.0 Å². The molecule has 94 valence electrons. The third kappa shape index (κ3) is 2.12. The number of rotatable bonds is 2. The highest BCUT2D eigenvalue weighted by atomic mass is 16.4. The van der Waals surface area contributed by atoms with Crippen LogP contribution in [-0.2, 0) is 6.42 Å². The van der Waals surface area contributed by atoms with E-state index in [0.717, 1.165) is 29.5 Å². The molecule has 0 aliphatic heterocycles. The standard InChI is InChI=1S/C15H12N2O2/c18-15(19)11-5-4-10-2-1-3-13(14(10)6-11)12-7-16-9-17-8-12/h3-9H,1-2H2,(H,18,19). The quantitative estimate of drug-likeness (QED) is 0.892. The molecule has 1 aliphatic carbocycles. The molecule has 1 N–H and O–H groups in total. The van der Waals surface area contributed by atoms with Crippen LogP contribution in [0.1, 0.15) is 33.5 Å². The van der Waals surface area contributed by atoms with E-state index in [1.807, 2.05) is 6.07 Å². The summed E-state index contributed by atoms with van der Waals surface area (Å²) in [6, 6.07) is 5.29. The van der Waals surface area contributed by atoms with Crippen molar-refractivity contribution < 1.29 is 9.90 Å². The summed E-state index contributed by atoms with van der Waals surface area (Å²) < 4.78 is 0. The van der Waals surface area contributed by atoms with Gasteiger partial charge < -0.3 is 5.11 Å². The fourth-order valence-electron chi connectivity index (χ4n) is 2.37. The van der Waals surface area contributed by atoms with E-state index in [-0.39, 0.29) is 0 Å². The molecule has 4 heteroatoms. The number of allylic oxidation sites excluding steroid dienone is 1. The van der Waals surface area contributed by atoms with Crippen molar-refractivity contribution in [1.82, 2.24) is 9.97 Å². The second-order valence-electron chi connectivity index (χ2n) is 4.46. The Morgan fingerprint density at radius 3 is 2.74 bits per heavy atom. The van der Waals surface area contributed by atoms with E-state index in [2.05, 4.69) is 16.0 Å². The minimum absolute atomic E-state index is 0.309. The number of carboxylic acid groups (broad SMARTS) is 1. The third-order valence-corrected chi connectivity index (χ3v) is 3.28. The van der Waals surface area contributed by atoms with Crippen molar-refractivity contribution in [2.75, 3.05) is 0 Å². The minimum atomic E-state index is -0.906. The number of hydrogen-bond acceptors (Lipinski definition) is 3. The van der Waals surface area contributed by atoms with Gasteiger partial charge in [-0.1, -0.05) is 12.1 Å². The lowest BCUT2D eigenvalue weighted by atomic mass is 9.87. The van der Waals surface area contributed by atoms with E-state index in [9.17, 15) is 4.79 Å². The Bertz CT molecular complexity index is 663. The van der Waals surface area contributed by atoms with Crippen LogP contribution in [0.15, 0.2) is 43.0 Å². The summed E-state index contributed by atoms with van der Waals surface area (Å²) >= 11 is 0. The molecule has 0 saturated carbocycles. The monoisotopic (exact) mass is 252 g/mol. The van der Waals surface area contributed by atoms with Crippen molar-refractivity contribution in [3.05, 3.63) is 65.2 Å². The largest absolute Gasteiger partial charge is 0.478 e. The molecule has 0 amide bonds. The van der Waals surface area contributed by atoms with E-state index in [1.54, 1.807) is 24.5 Å². The Kier molecular flexibility index (Phi) is 2.83. The van der Waals surface area contributed by atoms with Crippen LogP contribution in [0, 0.1) is 0 Å². The first-order chi connectivity index (χ1) is 9.25. The number of carbonyl (C=O) groups is 1. The SMILES string of the molecule is O=C(O)c1ccc2c(c1)C(c1cncnc1)=CCC2. The van der Waals surface area contributed by atoms with E-state index in [0.29, 0.717) is 5.56 Å². The maximum absolute atomic E-state index is 11.1. The van der Waals surface area contributed by atoms with Gasteiger partial charge in [-0.2, -0.15) is 0 Å². The van der Waals surface area contributed by atoms with Gasteiger partial charge in [0.1, 0.15) is 6.33 Å². The second-order valence-corrected chi connectivity index (χ2v) is 4.46. The second kappa shape index (κ2) is 4.65. The molecule has 0 saturated heterocycles. The van der Waals surface area contributed by atoms with Crippen molar-refractivity contribution in [2.45, 2.75) is 12.8 Å². The molecular formula is C15H12N2O2. The summed E-state index contributed by atoms with van der Waals surface area (Å²) in [5.74, 6) is -0.906. The fraction of sp³-hybridized carbons (Fsp3) is 0.133. The van der Waals surface area contributed by atoms with Gasteiger partial charge in [-0.3, -0.25) is 0 Å². The highest BCUT2D eigenvalue weighted by Crippen LogP contribution is 2.31. The molecule has 1 aromatic heterocycles. The fourth-order valence-corrected chi connectivity index (χ4v) is 2.37. The van der Waals surface area contributed by atoms with Crippen LogP contribution < -0.4 is 0 Å². The molecular weight excluding hydrogens is 240 g/mol. The summed E-state index contributed by atoms with van der Waals surface area (Å²) in [7, 11) is 0. The molecule has 4 nitrogen and oxygen atoms in total. The van der Waals surface area contributed by atoms with Crippen molar-refractivity contribution in [1.29, 1.82) is 0 Å². The summed E-state index contributed by atoms with van der Waals surface area (Å²) in [5.41, 5.74) is 4.40. The average molecular weight is 252 g/mol. The lowest BCUT2D eigenvalue weighted by Gasteiger charge is -2.18. The Morgan fingerprint density at radius 1 is 1.21 bits per heavy atom. The van der Waals surface area contributed by atoms with Crippen molar-refractivity contribution >= 4 is 11.5 Å². The molecule has 0 fully saturated rings. The van der Waals surface area contributed by atoms with E-state index in [4.69, 9.17) is 5.11 Å². The van der Waals surface area contributed by atoms with Gasteiger partial charge in [0.15, 0.2) is 0 Å². The van der Waals surface area contributed by atoms with E-state index >= 15 is 0 Å². The Balaban J connectivity index is 2.13. The van der Waals surface area contributed by atoms with Crippen LogP contribution in [0.25, 0.3) is 5.57 Å². The summed E-state index contributed by atoms with van der Waals surface area (Å²) in [6.07, 6.45) is 8.99. The van der Waals surface area contributed by atoms with Crippen LogP contribution in [0.5, 0.6) is 0 Å². The predicted molar refractivity (Wildman–Crippen MR) is 70.8 cm³/mol. The van der Waals surface area contributed by atoms with E-state index in [1.165, 1.54) is 11.9 Å². The molecule has 0 spiro atoms. The maximum Gasteiger partial charge on any atom is 0.335 e. The number of benzene rings is 1. The topological polar surface area (TPSA) is 63.1 Å². The van der Waals surface area contributed by atoms with E-state index < -0.39 is 5.97 Å². The molecule has 0 atom stereocenters. The molecule has 19 heavy (non-hydrogen) atoms. The number of aromatic nitrogens is 2. The Hall–Kier alpha value is -2.49. The van der Waals surface area contributed by atoms with Gasteiger partial charge in [-0.15, -0.1) is 0 Å². The van der Waals surface area contributed by atoms with Gasteiger partial charge in [0.2, 0.25) is 0 Å². The van der Waals surface area contributed by atoms with Crippen LogP contribution in [0.4, 0.5) is 0 Å². The molecule has 2 aromatic rings. The van der Waals surface area contributed by atoms with Gasteiger partial charge in [0.25, 0.3) is 0 Å². The third-order valence-electron chi connectivity index (χ3n) is 3.28. The lowest BCUT2D eigenvalue weighted by molar-refractivity contribution is 0.0697. The van der Waals surface area contributed by atoms with Crippen molar-refractivity contribution in [3.8, 4) is 0 Å². The summed E-state index contributed by atoms with van der Waals surface area (Å²) in [5, 5.41) is 9.10. The Labute approximate surface area is 110 Å². The number of fused-ring (bicyclic) bond motifs is 1. The van der Waals surface area contributed by atoms with Crippen molar-refractivity contribution in [2.24, 2.45) is 0 Å². The first-order valence-electron chi connectivity index (χ1n) is 6.08. The van der Waals surface area contributed by atoms with Gasteiger partial charge >= 0.3 is 5.97 Å². The van der Waals surface area contributed by atoms with Gasteiger partial charge in [-0.05, 0) is 41.7 Å². The smallest absolute Gasteiger partial charge is 0.335 e. The van der Waals surface area contributed by atoms with Gasteiger partial charge in [0, 0.05) is 18.0 Å². The Morgan fingerprint density at radius 2 is 2.00 bits per heavy atom. The van der Waals surface area contributed by atoms with Crippen LogP contribution in [0.2, 0.25) is 0 Å². The number of nitrogens with zero attached hydrogens (tertiary/aromatic N) is 2. The minimum Gasteiger partial charge on any atom is -0.478 e. The number of aromatic carboxylic acids is 1. The van der Waals surface area contributed by atoms with Gasteiger partial charge in [0.05, 0.1) is 5.56 Å². The zero-order valence-corrected chi connectivity index (χ0v) is 10.2. The molecule has 1 heterocycles. The molecule has 0 unspecified atom stereocenters. The van der Waals surface area contributed by atoms with Crippen LogP contribution >= 0.6 is 0 Å². The number of aryl methyl sites for hydroxylation is 1. The number of carboxylic acids is 1. The first kappa shape index (κ1) is 11.6. The maximum atomic E-state index is 11.1. The molecule has 0 bridgehead atoms. The van der Waals surface area contributed by atoms with Gasteiger partial charge in [-0.25, -0.2) is 14.8 Å². The highest BCUT2D eigenvalue weighted by molar-refractivity contribution is 5.91. The zero-order chi connectivity index (χ0) is 13.2. The zero-order valence-electron chi connectivity index (χ0n) is 10.2. The van der Waals surface area contributed by atoms with Crippen LogP contribution in [0.3, 0.4) is 0 Å². The average Bonchev–Trinajstić information content (AvgIpc) is 2.47. The summed E-state index contributed by atoms with van der Waals surface area (Å²) in [6.45, 7) is 0. The predicted octanol–water partition coefficient (Wildman–Crippen LogP) is 2.55. The number of hydrogen-bond donors (Lipinski definition) is 1. The molecule has 1 aromatic carbocycles. The van der Waals surface area contributed by atoms with Crippen molar-refractivity contribution in [3.63, 3.8) is 0 Å². The lowest BCUT2D eigenvalue weighted by Crippen LogP contribution is -2.05.